The van der Waals surface area contributed by atoms with E-state index in [-0.39, 0.29) is 23.2 Å². The van der Waals surface area contributed by atoms with E-state index in [0.717, 1.165) is 9.79 Å². The number of benzene rings is 6. The van der Waals surface area contributed by atoms with E-state index in [4.69, 9.17) is 9.47 Å². The summed E-state index contributed by atoms with van der Waals surface area (Å²) in [5.41, 5.74) is 1.81. The van der Waals surface area contributed by atoms with Crippen LogP contribution in [0, 0.1) is 11.6 Å². The van der Waals surface area contributed by atoms with Crippen LogP contribution in [0.3, 0.4) is 0 Å². The Morgan fingerprint density at radius 1 is 0.422 bits per heavy atom. The Morgan fingerprint density at radius 3 is 1.24 bits per heavy atom. The number of hydrogen-bond acceptors (Lipinski definition) is 5. The molecule has 0 unspecified atom stereocenters. The molecule has 0 aliphatic rings. The standard InChI is InChI=1S/C38H24F2O4S/c39-29-12-4-25(5-13-29)37(41)27-8-16-31(17-9-27)43-33-20-22-35(23-21-33)45-36-3-1-2-34(24-36)44-32-18-10-28(11-19-32)38(42)26-6-14-30(40)15-7-26/h1-24H. The molecule has 6 aromatic carbocycles. The summed E-state index contributed by atoms with van der Waals surface area (Å²) in [6.07, 6.45) is 0. The molecule has 4 nitrogen and oxygen atoms in total. The molecule has 0 spiro atoms. The molecule has 0 fully saturated rings. The predicted octanol–water partition coefficient (Wildman–Crippen LogP) is 10.2. The van der Waals surface area contributed by atoms with Gasteiger partial charge in [0.25, 0.3) is 0 Å². The number of rotatable bonds is 10. The van der Waals surface area contributed by atoms with Crippen LogP contribution in [0.4, 0.5) is 8.78 Å². The third-order valence-electron chi connectivity index (χ3n) is 6.78. The number of ether oxygens (including phenoxy) is 2. The van der Waals surface area contributed by atoms with E-state index in [1.54, 1.807) is 60.3 Å². The van der Waals surface area contributed by atoms with Crippen molar-refractivity contribution in [1.82, 2.24) is 0 Å². The lowest BCUT2D eigenvalue weighted by Gasteiger charge is -2.10. The van der Waals surface area contributed by atoms with E-state index < -0.39 is 0 Å². The van der Waals surface area contributed by atoms with Crippen molar-refractivity contribution in [3.05, 3.63) is 179 Å². The third kappa shape index (κ3) is 7.52. The van der Waals surface area contributed by atoms with Gasteiger partial charge in [-0.15, -0.1) is 0 Å². The Kier molecular flexibility index (Phi) is 8.80. The molecular weight excluding hydrogens is 590 g/mol. The molecule has 0 heterocycles. The molecule has 6 aromatic rings. The van der Waals surface area contributed by atoms with Gasteiger partial charge in [-0.05, 0) is 140 Å². The molecule has 0 radical (unpaired) electrons. The Morgan fingerprint density at radius 2 is 0.800 bits per heavy atom. The van der Waals surface area contributed by atoms with Gasteiger partial charge in [0.2, 0.25) is 0 Å². The minimum absolute atomic E-state index is 0.190. The first-order chi connectivity index (χ1) is 21.9. The number of carbonyl (C=O) groups excluding carboxylic acids is 2. The van der Waals surface area contributed by atoms with Gasteiger partial charge in [-0.2, -0.15) is 0 Å². The van der Waals surface area contributed by atoms with E-state index in [0.29, 0.717) is 45.3 Å². The van der Waals surface area contributed by atoms with Crippen LogP contribution in [0.15, 0.2) is 155 Å². The Hall–Kier alpha value is -5.53. The summed E-state index contributed by atoms with van der Waals surface area (Å²) in [5.74, 6) is 1.32. The second-order valence-electron chi connectivity index (χ2n) is 9.97. The second kappa shape index (κ2) is 13.4. The van der Waals surface area contributed by atoms with E-state index in [9.17, 15) is 18.4 Å². The number of hydrogen-bond donors (Lipinski definition) is 0. The van der Waals surface area contributed by atoms with Crippen LogP contribution in [0.1, 0.15) is 31.8 Å². The molecule has 0 amide bonds. The average Bonchev–Trinajstić information content (AvgIpc) is 3.07. The van der Waals surface area contributed by atoms with Gasteiger partial charge in [0.15, 0.2) is 11.6 Å². The molecule has 0 bridgehead atoms. The summed E-state index contributed by atoms with van der Waals surface area (Å²) in [7, 11) is 0. The summed E-state index contributed by atoms with van der Waals surface area (Å²) in [6.45, 7) is 0. The Labute approximate surface area is 262 Å². The second-order valence-corrected chi connectivity index (χ2v) is 11.1. The lowest BCUT2D eigenvalue weighted by atomic mass is 10.0. The van der Waals surface area contributed by atoms with Gasteiger partial charge in [-0.3, -0.25) is 9.59 Å². The van der Waals surface area contributed by atoms with Gasteiger partial charge in [-0.1, -0.05) is 17.8 Å². The van der Waals surface area contributed by atoms with E-state index in [2.05, 4.69) is 0 Å². The molecule has 0 aliphatic carbocycles. The Balaban J connectivity index is 1.04. The largest absolute Gasteiger partial charge is 0.457 e. The summed E-state index contributed by atoms with van der Waals surface area (Å²) < 4.78 is 38.3. The van der Waals surface area contributed by atoms with Gasteiger partial charge < -0.3 is 9.47 Å². The van der Waals surface area contributed by atoms with Gasteiger partial charge in [0, 0.05) is 32.0 Å². The first kappa shape index (κ1) is 29.5. The predicted molar refractivity (Wildman–Crippen MR) is 170 cm³/mol. The normalized spacial score (nSPS) is 10.7. The summed E-state index contributed by atoms with van der Waals surface area (Å²) in [6, 6.07) is 39.9. The number of ketones is 2. The lowest BCUT2D eigenvalue weighted by molar-refractivity contribution is 0.103. The van der Waals surface area contributed by atoms with Crippen molar-refractivity contribution >= 4 is 23.3 Å². The van der Waals surface area contributed by atoms with E-state index in [1.165, 1.54) is 48.5 Å². The first-order valence-electron chi connectivity index (χ1n) is 13.9. The maximum Gasteiger partial charge on any atom is 0.193 e. The molecule has 0 saturated heterocycles. The van der Waals surface area contributed by atoms with E-state index >= 15 is 0 Å². The molecular formula is C38H24F2O4S. The third-order valence-corrected chi connectivity index (χ3v) is 7.78. The highest BCUT2D eigenvalue weighted by Crippen LogP contribution is 2.33. The van der Waals surface area contributed by atoms with Crippen molar-refractivity contribution in [3.63, 3.8) is 0 Å². The fourth-order valence-corrected chi connectivity index (χ4v) is 5.34. The molecule has 6 rings (SSSR count). The molecule has 0 atom stereocenters. The minimum atomic E-state index is -0.388. The number of halogens is 2. The van der Waals surface area contributed by atoms with Gasteiger partial charge in [-0.25, -0.2) is 8.78 Å². The summed E-state index contributed by atoms with van der Waals surface area (Å²) >= 11 is 1.57. The first-order valence-corrected chi connectivity index (χ1v) is 14.8. The zero-order chi connectivity index (χ0) is 31.2. The number of carbonyl (C=O) groups is 2. The highest BCUT2D eigenvalue weighted by molar-refractivity contribution is 7.99. The molecule has 0 aliphatic heterocycles. The quantitative estimate of drug-likeness (QED) is 0.144. The zero-order valence-corrected chi connectivity index (χ0v) is 24.5. The highest BCUT2D eigenvalue weighted by atomic mass is 32.2. The lowest BCUT2D eigenvalue weighted by Crippen LogP contribution is -2.01. The fraction of sp³-hybridized carbons (Fsp3) is 0. The molecule has 7 heteroatoms. The topological polar surface area (TPSA) is 52.6 Å². The van der Waals surface area contributed by atoms with Crippen LogP contribution in [0.5, 0.6) is 23.0 Å². The van der Waals surface area contributed by atoms with Crippen LogP contribution in [-0.4, -0.2) is 11.6 Å². The summed E-state index contributed by atoms with van der Waals surface area (Å²) in [5, 5.41) is 0. The Bertz CT molecular complexity index is 1940. The van der Waals surface area contributed by atoms with Crippen LogP contribution in [-0.2, 0) is 0 Å². The van der Waals surface area contributed by atoms with Crippen molar-refractivity contribution in [2.45, 2.75) is 9.79 Å². The van der Waals surface area contributed by atoms with Crippen molar-refractivity contribution in [2.24, 2.45) is 0 Å². The average molecular weight is 615 g/mol. The van der Waals surface area contributed by atoms with Gasteiger partial charge >= 0.3 is 0 Å². The summed E-state index contributed by atoms with van der Waals surface area (Å²) in [4.78, 5) is 27.3. The zero-order valence-electron chi connectivity index (χ0n) is 23.7. The smallest absolute Gasteiger partial charge is 0.193 e. The molecule has 0 saturated carbocycles. The maximum absolute atomic E-state index is 13.2. The van der Waals surface area contributed by atoms with Crippen LogP contribution >= 0.6 is 11.8 Å². The molecule has 0 aromatic heterocycles. The van der Waals surface area contributed by atoms with Crippen LogP contribution in [0.25, 0.3) is 0 Å². The van der Waals surface area contributed by atoms with Crippen molar-refractivity contribution < 1.29 is 27.8 Å². The molecule has 45 heavy (non-hydrogen) atoms. The SMILES string of the molecule is O=C(c1ccc(F)cc1)c1ccc(Oc2ccc(Sc3cccc(Oc4ccc(C(=O)c5ccc(F)cc5)cc4)c3)cc2)cc1. The molecule has 0 N–H and O–H groups in total. The molecule has 220 valence electrons. The fourth-order valence-electron chi connectivity index (χ4n) is 4.47. The van der Waals surface area contributed by atoms with E-state index in [1.807, 2.05) is 48.5 Å². The minimum Gasteiger partial charge on any atom is -0.457 e. The van der Waals surface area contributed by atoms with Crippen molar-refractivity contribution in [2.75, 3.05) is 0 Å². The van der Waals surface area contributed by atoms with Gasteiger partial charge in [0.1, 0.15) is 34.6 Å². The maximum atomic E-state index is 13.2. The van der Waals surface area contributed by atoms with Crippen molar-refractivity contribution in [3.8, 4) is 23.0 Å². The highest BCUT2D eigenvalue weighted by Gasteiger charge is 2.11. The monoisotopic (exact) mass is 614 g/mol. The van der Waals surface area contributed by atoms with Crippen molar-refractivity contribution in [1.29, 1.82) is 0 Å². The van der Waals surface area contributed by atoms with Gasteiger partial charge in [0.05, 0.1) is 0 Å². The van der Waals surface area contributed by atoms with Crippen LogP contribution < -0.4 is 9.47 Å². The van der Waals surface area contributed by atoms with Crippen LogP contribution in [0.2, 0.25) is 0 Å².